The summed E-state index contributed by atoms with van der Waals surface area (Å²) in [6.45, 7) is 3.13. The van der Waals surface area contributed by atoms with E-state index in [2.05, 4.69) is 11.9 Å². The lowest BCUT2D eigenvalue weighted by atomic mass is 10.1. The Kier molecular flexibility index (Phi) is 4.23. The van der Waals surface area contributed by atoms with E-state index in [1.165, 1.54) is 0 Å². The number of ether oxygens (including phenoxy) is 1. The van der Waals surface area contributed by atoms with Gasteiger partial charge in [0.05, 0.1) is 19.1 Å². The monoisotopic (exact) mass is 181 g/mol. The zero-order valence-corrected chi connectivity index (χ0v) is 7.90. The fourth-order valence-electron chi connectivity index (χ4n) is 1.06. The molecule has 13 heavy (non-hydrogen) atoms. The molecule has 0 aromatic carbocycles. The van der Waals surface area contributed by atoms with Gasteiger partial charge in [0.2, 0.25) is 0 Å². The van der Waals surface area contributed by atoms with Gasteiger partial charge in [-0.1, -0.05) is 19.4 Å². The lowest BCUT2D eigenvalue weighted by Gasteiger charge is -2.11. The van der Waals surface area contributed by atoms with E-state index < -0.39 is 0 Å². The number of aliphatic imine (C=N–C) groups is 1. The minimum Gasteiger partial charge on any atom is -0.465 e. The molecule has 0 saturated heterocycles. The zero-order chi connectivity index (χ0) is 9.52. The first-order valence-electron chi connectivity index (χ1n) is 4.68. The van der Waals surface area contributed by atoms with Crippen LogP contribution >= 0.6 is 0 Å². The highest BCUT2D eigenvalue weighted by Gasteiger charge is 2.16. The SMILES string of the molecule is CCCCOC(=O)C1C=CC=NC1. The van der Waals surface area contributed by atoms with Crippen molar-refractivity contribution in [2.24, 2.45) is 10.9 Å². The largest absolute Gasteiger partial charge is 0.465 e. The predicted octanol–water partition coefficient (Wildman–Crippen LogP) is 1.59. The van der Waals surface area contributed by atoms with Crippen LogP contribution in [0, 0.1) is 5.92 Å². The third-order valence-corrected chi connectivity index (χ3v) is 1.88. The highest BCUT2D eigenvalue weighted by molar-refractivity contribution is 5.80. The van der Waals surface area contributed by atoms with Gasteiger partial charge in [-0.25, -0.2) is 0 Å². The quantitative estimate of drug-likeness (QED) is 0.488. The van der Waals surface area contributed by atoms with Crippen molar-refractivity contribution in [1.29, 1.82) is 0 Å². The van der Waals surface area contributed by atoms with Crippen LogP contribution in [-0.2, 0) is 9.53 Å². The summed E-state index contributed by atoms with van der Waals surface area (Å²) in [5, 5.41) is 0. The number of allylic oxidation sites excluding steroid dienone is 1. The zero-order valence-electron chi connectivity index (χ0n) is 7.90. The molecule has 3 nitrogen and oxygen atoms in total. The Labute approximate surface area is 78.5 Å². The van der Waals surface area contributed by atoms with E-state index in [4.69, 9.17) is 4.74 Å². The van der Waals surface area contributed by atoms with E-state index in [-0.39, 0.29) is 11.9 Å². The second-order valence-electron chi connectivity index (χ2n) is 3.03. The molecule has 0 amide bonds. The molecule has 0 N–H and O–H groups in total. The summed E-state index contributed by atoms with van der Waals surface area (Å²) in [5.74, 6) is -0.316. The van der Waals surface area contributed by atoms with E-state index in [0.29, 0.717) is 13.2 Å². The summed E-state index contributed by atoms with van der Waals surface area (Å²) >= 11 is 0. The Morgan fingerprint density at radius 3 is 3.15 bits per heavy atom. The van der Waals surface area contributed by atoms with Crippen LogP contribution in [0.4, 0.5) is 0 Å². The van der Waals surface area contributed by atoms with Gasteiger partial charge < -0.3 is 4.74 Å². The smallest absolute Gasteiger partial charge is 0.314 e. The molecule has 0 fully saturated rings. The third-order valence-electron chi connectivity index (χ3n) is 1.88. The number of hydrogen-bond acceptors (Lipinski definition) is 3. The number of dihydropyridines is 1. The van der Waals surface area contributed by atoms with Crippen LogP contribution in [-0.4, -0.2) is 25.3 Å². The van der Waals surface area contributed by atoms with Gasteiger partial charge in [0, 0.05) is 6.21 Å². The van der Waals surface area contributed by atoms with Crippen LogP contribution in [0.5, 0.6) is 0 Å². The summed E-state index contributed by atoms with van der Waals surface area (Å²) < 4.78 is 5.06. The Bertz CT molecular complexity index is 221. The molecule has 1 aliphatic heterocycles. The maximum absolute atomic E-state index is 11.3. The van der Waals surface area contributed by atoms with Gasteiger partial charge in [-0.3, -0.25) is 9.79 Å². The summed E-state index contributed by atoms with van der Waals surface area (Å²) in [5.41, 5.74) is 0. The molecule has 1 rings (SSSR count). The lowest BCUT2D eigenvalue weighted by molar-refractivity contribution is -0.146. The second-order valence-corrected chi connectivity index (χ2v) is 3.03. The van der Waals surface area contributed by atoms with Crippen LogP contribution in [0.15, 0.2) is 17.1 Å². The molecule has 3 heteroatoms. The summed E-state index contributed by atoms with van der Waals surface area (Å²) in [4.78, 5) is 15.3. The lowest BCUT2D eigenvalue weighted by Crippen LogP contribution is -2.20. The molecule has 1 heterocycles. The first-order valence-corrected chi connectivity index (χ1v) is 4.68. The summed E-state index contributed by atoms with van der Waals surface area (Å²) in [6.07, 6.45) is 7.31. The van der Waals surface area contributed by atoms with Gasteiger partial charge in [0.25, 0.3) is 0 Å². The molecule has 1 aliphatic rings. The van der Waals surface area contributed by atoms with Crippen LogP contribution in [0.2, 0.25) is 0 Å². The molecule has 0 aromatic heterocycles. The van der Waals surface area contributed by atoms with Crippen LogP contribution in [0.1, 0.15) is 19.8 Å². The molecular formula is C10H15NO2. The van der Waals surface area contributed by atoms with Crippen molar-refractivity contribution >= 4 is 12.2 Å². The number of hydrogen-bond donors (Lipinski definition) is 0. The van der Waals surface area contributed by atoms with Crippen molar-refractivity contribution in [2.45, 2.75) is 19.8 Å². The molecule has 72 valence electrons. The van der Waals surface area contributed by atoms with Crippen molar-refractivity contribution in [3.8, 4) is 0 Å². The minimum atomic E-state index is -0.165. The van der Waals surface area contributed by atoms with Crippen molar-refractivity contribution in [2.75, 3.05) is 13.2 Å². The fraction of sp³-hybridized carbons (Fsp3) is 0.600. The predicted molar refractivity (Wildman–Crippen MR) is 51.9 cm³/mol. The Hall–Kier alpha value is -1.12. The Morgan fingerprint density at radius 1 is 1.69 bits per heavy atom. The van der Waals surface area contributed by atoms with Gasteiger partial charge in [0.15, 0.2) is 0 Å². The molecule has 0 radical (unpaired) electrons. The Morgan fingerprint density at radius 2 is 2.54 bits per heavy atom. The van der Waals surface area contributed by atoms with Crippen molar-refractivity contribution in [1.82, 2.24) is 0 Å². The Balaban J connectivity index is 2.23. The highest BCUT2D eigenvalue weighted by Crippen LogP contribution is 2.06. The first-order chi connectivity index (χ1) is 6.34. The van der Waals surface area contributed by atoms with E-state index in [0.717, 1.165) is 12.8 Å². The number of carbonyl (C=O) groups is 1. The molecule has 1 unspecified atom stereocenters. The molecular weight excluding hydrogens is 166 g/mol. The molecule has 0 saturated carbocycles. The van der Waals surface area contributed by atoms with Gasteiger partial charge in [-0.15, -0.1) is 0 Å². The normalized spacial score (nSPS) is 20.2. The van der Waals surface area contributed by atoms with E-state index in [9.17, 15) is 4.79 Å². The number of nitrogens with zero attached hydrogens (tertiary/aromatic N) is 1. The van der Waals surface area contributed by atoms with Gasteiger partial charge in [0.1, 0.15) is 0 Å². The van der Waals surface area contributed by atoms with E-state index >= 15 is 0 Å². The maximum Gasteiger partial charge on any atom is 0.314 e. The van der Waals surface area contributed by atoms with Gasteiger partial charge in [-0.05, 0) is 12.5 Å². The molecule has 0 bridgehead atoms. The average molecular weight is 181 g/mol. The topological polar surface area (TPSA) is 38.7 Å². The standard InChI is InChI=1S/C10H15NO2/c1-2-3-7-13-10(12)9-5-4-6-11-8-9/h4-6,9H,2-3,7-8H2,1H3. The first kappa shape index (κ1) is 9.96. The molecule has 1 atom stereocenters. The minimum absolute atomic E-state index is 0.151. The van der Waals surface area contributed by atoms with E-state index in [1.54, 1.807) is 12.3 Å². The van der Waals surface area contributed by atoms with Crippen molar-refractivity contribution in [3.05, 3.63) is 12.2 Å². The van der Waals surface area contributed by atoms with Crippen LogP contribution in [0.3, 0.4) is 0 Å². The van der Waals surface area contributed by atoms with E-state index in [1.807, 2.05) is 6.08 Å². The highest BCUT2D eigenvalue weighted by atomic mass is 16.5. The fourth-order valence-corrected chi connectivity index (χ4v) is 1.06. The average Bonchev–Trinajstić information content (AvgIpc) is 2.19. The van der Waals surface area contributed by atoms with Crippen molar-refractivity contribution in [3.63, 3.8) is 0 Å². The molecule has 0 aromatic rings. The number of rotatable bonds is 4. The molecule has 0 spiro atoms. The van der Waals surface area contributed by atoms with Gasteiger partial charge in [-0.2, -0.15) is 0 Å². The summed E-state index contributed by atoms with van der Waals surface area (Å²) in [7, 11) is 0. The summed E-state index contributed by atoms with van der Waals surface area (Å²) in [6, 6.07) is 0. The molecule has 0 aliphatic carbocycles. The number of esters is 1. The number of unbranched alkanes of at least 4 members (excludes halogenated alkanes) is 1. The maximum atomic E-state index is 11.3. The van der Waals surface area contributed by atoms with Crippen LogP contribution in [0.25, 0.3) is 0 Å². The van der Waals surface area contributed by atoms with Crippen molar-refractivity contribution < 1.29 is 9.53 Å². The third kappa shape index (κ3) is 3.40. The second kappa shape index (κ2) is 5.51. The van der Waals surface area contributed by atoms with Crippen LogP contribution < -0.4 is 0 Å². The van der Waals surface area contributed by atoms with Gasteiger partial charge >= 0.3 is 5.97 Å². The number of carbonyl (C=O) groups excluding carboxylic acids is 1.